The molecule has 2 unspecified atom stereocenters. The van der Waals surface area contributed by atoms with E-state index in [1.807, 2.05) is 0 Å². The first-order chi connectivity index (χ1) is 9.54. The van der Waals surface area contributed by atoms with Crippen molar-refractivity contribution in [1.29, 1.82) is 0 Å². The predicted octanol–water partition coefficient (Wildman–Crippen LogP) is 1.48. The van der Waals surface area contributed by atoms with Crippen molar-refractivity contribution in [2.24, 2.45) is 11.8 Å². The number of nitrogens with zero attached hydrogens (tertiary/aromatic N) is 1. The monoisotopic (exact) mass is 282 g/mol. The zero-order valence-corrected chi connectivity index (χ0v) is 12.3. The van der Waals surface area contributed by atoms with E-state index >= 15 is 0 Å². The molecule has 0 aromatic carbocycles. The lowest BCUT2D eigenvalue weighted by atomic mass is 9.91. The summed E-state index contributed by atoms with van der Waals surface area (Å²) in [4.78, 5) is 24.3. The number of carbonyl (C=O) groups is 2. The second kappa shape index (κ2) is 7.07. The van der Waals surface area contributed by atoms with Crippen molar-refractivity contribution in [3.8, 4) is 0 Å². The van der Waals surface area contributed by atoms with Crippen LogP contribution in [0.2, 0.25) is 0 Å². The Morgan fingerprint density at radius 2 is 1.90 bits per heavy atom. The van der Waals surface area contributed by atoms with Gasteiger partial charge < -0.3 is 15.3 Å². The summed E-state index contributed by atoms with van der Waals surface area (Å²) < 4.78 is 0. The fourth-order valence-electron chi connectivity index (χ4n) is 3.55. The first kappa shape index (κ1) is 15.3. The maximum atomic E-state index is 11.6. The normalized spacial score (nSPS) is 27.8. The molecule has 5 heteroatoms. The minimum atomic E-state index is -0.769. The summed E-state index contributed by atoms with van der Waals surface area (Å²) in [5.41, 5.74) is 0. The Kier molecular flexibility index (Phi) is 5.40. The maximum absolute atomic E-state index is 11.6. The predicted molar refractivity (Wildman–Crippen MR) is 76.4 cm³/mol. The molecule has 1 heterocycles. The lowest BCUT2D eigenvalue weighted by molar-refractivity contribution is -0.140. The average Bonchev–Trinajstić information content (AvgIpc) is 2.88. The van der Waals surface area contributed by atoms with E-state index in [-0.39, 0.29) is 24.3 Å². The minimum Gasteiger partial charge on any atom is -0.481 e. The van der Waals surface area contributed by atoms with E-state index in [1.165, 1.54) is 25.7 Å². The average molecular weight is 282 g/mol. The molecular weight excluding hydrogens is 256 g/mol. The van der Waals surface area contributed by atoms with Crippen LogP contribution in [0.15, 0.2) is 0 Å². The summed E-state index contributed by atoms with van der Waals surface area (Å²) in [6.07, 6.45) is 6.29. The maximum Gasteiger partial charge on any atom is 0.303 e. The van der Waals surface area contributed by atoms with Gasteiger partial charge in [-0.25, -0.2) is 0 Å². The number of hydrogen-bond acceptors (Lipinski definition) is 3. The number of rotatable bonds is 5. The number of hydrogen-bond donors (Lipinski definition) is 2. The van der Waals surface area contributed by atoms with E-state index < -0.39 is 5.97 Å². The Morgan fingerprint density at radius 3 is 2.50 bits per heavy atom. The molecule has 1 aliphatic carbocycles. The standard InChI is InChI=1S/C15H26N2O3/c1-11(18)17-9-13(7-15(19)20)6-14(10-17)16-8-12-4-2-3-5-12/h12-14,16H,2-10H2,1H3,(H,19,20). The van der Waals surface area contributed by atoms with E-state index in [4.69, 9.17) is 5.11 Å². The van der Waals surface area contributed by atoms with Crippen molar-refractivity contribution in [2.75, 3.05) is 19.6 Å². The lowest BCUT2D eigenvalue weighted by Gasteiger charge is -2.37. The molecule has 20 heavy (non-hydrogen) atoms. The van der Waals surface area contributed by atoms with Gasteiger partial charge in [0.25, 0.3) is 0 Å². The first-order valence-corrected chi connectivity index (χ1v) is 7.75. The first-order valence-electron chi connectivity index (χ1n) is 7.75. The van der Waals surface area contributed by atoms with E-state index in [2.05, 4.69) is 5.32 Å². The highest BCUT2D eigenvalue weighted by Gasteiger charge is 2.30. The van der Waals surface area contributed by atoms with E-state index in [1.54, 1.807) is 11.8 Å². The fraction of sp³-hybridized carbons (Fsp3) is 0.867. The molecule has 114 valence electrons. The van der Waals surface area contributed by atoms with Crippen LogP contribution in [0.4, 0.5) is 0 Å². The smallest absolute Gasteiger partial charge is 0.303 e. The van der Waals surface area contributed by atoms with Gasteiger partial charge >= 0.3 is 5.97 Å². The Balaban J connectivity index is 1.85. The zero-order chi connectivity index (χ0) is 14.5. The highest BCUT2D eigenvalue weighted by molar-refractivity contribution is 5.73. The van der Waals surface area contributed by atoms with Gasteiger partial charge in [0.2, 0.25) is 5.91 Å². The zero-order valence-electron chi connectivity index (χ0n) is 12.3. The molecule has 1 aliphatic heterocycles. The Morgan fingerprint density at radius 1 is 1.20 bits per heavy atom. The quantitative estimate of drug-likeness (QED) is 0.801. The largest absolute Gasteiger partial charge is 0.481 e. The number of nitrogens with one attached hydrogen (secondary N) is 1. The summed E-state index contributed by atoms with van der Waals surface area (Å²) in [6.45, 7) is 3.88. The summed E-state index contributed by atoms with van der Waals surface area (Å²) in [5.74, 6) is 0.120. The van der Waals surface area contributed by atoms with Gasteiger partial charge in [0, 0.05) is 32.5 Å². The highest BCUT2D eigenvalue weighted by Crippen LogP contribution is 2.25. The van der Waals surface area contributed by atoms with Crippen LogP contribution in [-0.4, -0.2) is 47.6 Å². The van der Waals surface area contributed by atoms with E-state index in [0.717, 1.165) is 25.4 Å². The van der Waals surface area contributed by atoms with Crippen molar-refractivity contribution >= 4 is 11.9 Å². The number of carboxylic acids is 1. The third-order valence-electron chi connectivity index (χ3n) is 4.62. The Labute approximate surface area is 120 Å². The van der Waals surface area contributed by atoms with Crippen LogP contribution in [0.25, 0.3) is 0 Å². The van der Waals surface area contributed by atoms with Gasteiger partial charge in [-0.1, -0.05) is 12.8 Å². The number of likely N-dealkylation sites (tertiary alicyclic amines) is 1. The van der Waals surface area contributed by atoms with E-state index in [0.29, 0.717) is 6.54 Å². The molecule has 5 nitrogen and oxygen atoms in total. The molecule has 0 bridgehead atoms. The van der Waals surface area contributed by atoms with Gasteiger partial charge in [-0.2, -0.15) is 0 Å². The molecule has 2 N–H and O–H groups in total. The van der Waals surface area contributed by atoms with Crippen LogP contribution in [-0.2, 0) is 9.59 Å². The molecule has 0 aromatic heterocycles. The summed E-state index contributed by atoms with van der Waals surface area (Å²) >= 11 is 0. The molecule has 0 spiro atoms. The van der Waals surface area contributed by atoms with Gasteiger partial charge in [-0.15, -0.1) is 0 Å². The van der Waals surface area contributed by atoms with Crippen LogP contribution < -0.4 is 5.32 Å². The molecule has 0 radical (unpaired) electrons. The number of carboxylic acid groups (broad SMARTS) is 1. The number of piperidine rings is 1. The van der Waals surface area contributed by atoms with Crippen molar-refractivity contribution in [3.05, 3.63) is 0 Å². The molecule has 1 saturated carbocycles. The Bertz CT molecular complexity index is 353. The fourth-order valence-corrected chi connectivity index (χ4v) is 3.55. The molecule has 1 amide bonds. The summed E-state index contributed by atoms with van der Waals surface area (Å²) in [7, 11) is 0. The SMILES string of the molecule is CC(=O)N1CC(CC(=O)O)CC(NCC2CCCC2)C1. The highest BCUT2D eigenvalue weighted by atomic mass is 16.4. The molecular formula is C15H26N2O3. The van der Waals surface area contributed by atoms with Gasteiger partial charge in [-0.05, 0) is 37.6 Å². The second-order valence-electron chi connectivity index (χ2n) is 6.38. The number of aliphatic carboxylic acids is 1. The molecule has 2 fully saturated rings. The molecule has 1 saturated heterocycles. The molecule has 2 atom stereocenters. The number of amides is 1. The van der Waals surface area contributed by atoms with Crippen molar-refractivity contribution in [1.82, 2.24) is 10.2 Å². The second-order valence-corrected chi connectivity index (χ2v) is 6.38. The van der Waals surface area contributed by atoms with E-state index in [9.17, 15) is 9.59 Å². The third kappa shape index (κ3) is 4.47. The van der Waals surface area contributed by atoms with Crippen LogP contribution in [0.5, 0.6) is 0 Å². The lowest BCUT2D eigenvalue weighted by Crippen LogP contribution is -2.51. The summed E-state index contributed by atoms with van der Waals surface area (Å²) in [6, 6.07) is 0.248. The van der Waals surface area contributed by atoms with Crippen LogP contribution in [0, 0.1) is 11.8 Å². The number of carbonyl (C=O) groups excluding carboxylic acids is 1. The van der Waals surface area contributed by atoms with Gasteiger partial charge in [0.05, 0.1) is 0 Å². The van der Waals surface area contributed by atoms with Gasteiger partial charge in [-0.3, -0.25) is 9.59 Å². The van der Waals surface area contributed by atoms with Crippen LogP contribution in [0.1, 0.15) is 45.4 Å². The topological polar surface area (TPSA) is 69.6 Å². The summed E-state index contributed by atoms with van der Waals surface area (Å²) in [5, 5.41) is 12.5. The van der Waals surface area contributed by atoms with Gasteiger partial charge in [0.15, 0.2) is 0 Å². The van der Waals surface area contributed by atoms with Crippen molar-refractivity contribution in [2.45, 2.75) is 51.5 Å². The van der Waals surface area contributed by atoms with Gasteiger partial charge in [0.1, 0.15) is 0 Å². The Hall–Kier alpha value is -1.10. The third-order valence-corrected chi connectivity index (χ3v) is 4.62. The molecule has 2 rings (SSSR count). The van der Waals surface area contributed by atoms with Crippen LogP contribution >= 0.6 is 0 Å². The molecule has 2 aliphatic rings. The van der Waals surface area contributed by atoms with Crippen molar-refractivity contribution in [3.63, 3.8) is 0 Å². The van der Waals surface area contributed by atoms with Crippen LogP contribution in [0.3, 0.4) is 0 Å². The minimum absolute atomic E-state index is 0.0488. The van der Waals surface area contributed by atoms with Crippen molar-refractivity contribution < 1.29 is 14.7 Å². The molecule has 0 aromatic rings.